The van der Waals surface area contributed by atoms with Crippen molar-refractivity contribution in [1.29, 1.82) is 0 Å². The Hall–Kier alpha value is -1.76. The fraction of sp³-hybridized carbons (Fsp3) is 0.562. The maximum absolute atomic E-state index is 12.2. The molecule has 0 amide bonds. The molecule has 7 heteroatoms. The van der Waals surface area contributed by atoms with E-state index in [2.05, 4.69) is 15.6 Å². The van der Waals surface area contributed by atoms with Crippen LogP contribution in [0, 0.1) is 6.92 Å². The number of alkyl halides is 3. The smallest absolute Gasteiger partial charge is 0.356 e. The number of nitrogens with zero attached hydrogens (tertiary/aromatic N) is 2. The molecule has 1 aromatic rings. The number of rotatable bonds is 7. The highest BCUT2D eigenvalue weighted by Crippen LogP contribution is 2.15. The zero-order chi connectivity index (χ0) is 17.3. The van der Waals surface area contributed by atoms with Crippen LogP contribution in [-0.4, -0.2) is 50.8 Å². The average molecular weight is 330 g/mol. The highest BCUT2D eigenvalue weighted by Gasteiger charge is 2.28. The highest BCUT2D eigenvalue weighted by molar-refractivity contribution is 5.79. The van der Waals surface area contributed by atoms with E-state index >= 15 is 0 Å². The number of hydrogen-bond donors (Lipinski definition) is 2. The fourth-order valence-electron chi connectivity index (χ4n) is 2.15. The van der Waals surface area contributed by atoms with Crippen molar-refractivity contribution < 1.29 is 13.2 Å². The molecule has 0 aliphatic rings. The Morgan fingerprint density at radius 2 is 1.91 bits per heavy atom. The Bertz CT molecular complexity index is 500. The summed E-state index contributed by atoms with van der Waals surface area (Å²) in [5.41, 5.74) is 2.38. The second kappa shape index (κ2) is 9.39. The van der Waals surface area contributed by atoms with Gasteiger partial charge in [-0.05, 0) is 38.1 Å². The summed E-state index contributed by atoms with van der Waals surface area (Å²) in [5.74, 6) is 0.645. The highest BCUT2D eigenvalue weighted by atomic mass is 19.4. The number of guanidine groups is 1. The summed E-state index contributed by atoms with van der Waals surface area (Å²) < 4.78 is 36.6. The lowest BCUT2D eigenvalue weighted by atomic mass is 10.1. The van der Waals surface area contributed by atoms with Crippen LogP contribution >= 0.6 is 0 Å². The molecule has 2 N–H and O–H groups in total. The van der Waals surface area contributed by atoms with E-state index in [1.54, 1.807) is 7.05 Å². The predicted octanol–water partition coefficient (Wildman–Crippen LogP) is 2.54. The van der Waals surface area contributed by atoms with E-state index in [1.165, 1.54) is 23.1 Å². The molecule has 0 spiro atoms. The van der Waals surface area contributed by atoms with Crippen LogP contribution in [0.5, 0.6) is 0 Å². The Morgan fingerprint density at radius 3 is 2.52 bits per heavy atom. The van der Waals surface area contributed by atoms with Crippen LogP contribution in [0.1, 0.15) is 17.5 Å². The second-order valence-electron chi connectivity index (χ2n) is 5.49. The van der Waals surface area contributed by atoms with E-state index in [1.807, 2.05) is 31.2 Å². The van der Waals surface area contributed by atoms with Crippen molar-refractivity contribution in [2.24, 2.45) is 4.99 Å². The van der Waals surface area contributed by atoms with E-state index in [0.717, 1.165) is 0 Å². The largest absolute Gasteiger partial charge is 0.401 e. The molecule has 0 saturated carbocycles. The zero-order valence-electron chi connectivity index (χ0n) is 13.9. The van der Waals surface area contributed by atoms with Gasteiger partial charge in [-0.25, -0.2) is 0 Å². The molecule has 0 fully saturated rings. The first-order chi connectivity index (χ1) is 10.8. The van der Waals surface area contributed by atoms with Crippen molar-refractivity contribution in [1.82, 2.24) is 15.5 Å². The molecule has 0 aromatic heterocycles. The number of nitrogens with one attached hydrogen (secondary N) is 2. The lowest BCUT2D eigenvalue weighted by Crippen LogP contribution is -2.39. The molecular weight excluding hydrogens is 305 g/mol. The van der Waals surface area contributed by atoms with Crippen molar-refractivity contribution in [2.75, 3.05) is 33.7 Å². The Kier molecular flexibility index (Phi) is 7.88. The van der Waals surface area contributed by atoms with Crippen LogP contribution in [0.4, 0.5) is 13.2 Å². The maximum atomic E-state index is 12.2. The molecule has 1 rings (SSSR count). The fourth-order valence-corrected chi connectivity index (χ4v) is 2.15. The molecule has 0 unspecified atom stereocenters. The van der Waals surface area contributed by atoms with Crippen LogP contribution in [0.25, 0.3) is 0 Å². The second-order valence-corrected chi connectivity index (χ2v) is 5.49. The quantitative estimate of drug-likeness (QED) is 0.458. The predicted molar refractivity (Wildman–Crippen MR) is 87.5 cm³/mol. The van der Waals surface area contributed by atoms with Gasteiger partial charge in [-0.15, -0.1) is 0 Å². The third kappa shape index (κ3) is 8.44. The molecule has 4 nitrogen and oxygen atoms in total. The molecule has 0 bridgehead atoms. The number of aryl methyl sites for hydroxylation is 1. The monoisotopic (exact) mass is 330 g/mol. The molecule has 0 heterocycles. The van der Waals surface area contributed by atoms with Crippen molar-refractivity contribution in [2.45, 2.75) is 26.1 Å². The molecule has 0 saturated heterocycles. The van der Waals surface area contributed by atoms with Crippen LogP contribution in [0.2, 0.25) is 0 Å². The third-order valence-electron chi connectivity index (χ3n) is 3.39. The molecule has 0 radical (unpaired) electrons. The van der Waals surface area contributed by atoms with Gasteiger partial charge in [0.1, 0.15) is 0 Å². The molecule has 1 aromatic carbocycles. The van der Waals surface area contributed by atoms with Gasteiger partial charge >= 0.3 is 6.18 Å². The SMILES string of the molecule is CN=C(NCCCN(C)CC(F)(F)F)NCc1ccccc1C. The number of benzene rings is 1. The van der Waals surface area contributed by atoms with Crippen LogP contribution < -0.4 is 10.6 Å². The zero-order valence-corrected chi connectivity index (χ0v) is 13.9. The minimum atomic E-state index is -4.15. The maximum Gasteiger partial charge on any atom is 0.401 e. The Balaban J connectivity index is 2.26. The van der Waals surface area contributed by atoms with Gasteiger partial charge in [0.15, 0.2) is 5.96 Å². The van der Waals surface area contributed by atoms with Crippen molar-refractivity contribution in [3.8, 4) is 0 Å². The molecule has 0 atom stereocenters. The first kappa shape index (κ1) is 19.3. The standard InChI is InChI=1S/C16H25F3N4/c1-13-7-4-5-8-14(13)11-22-15(20-2)21-9-6-10-23(3)12-16(17,18)19/h4-5,7-8H,6,9-12H2,1-3H3,(H2,20,21,22). The van der Waals surface area contributed by atoms with Gasteiger partial charge in [0.25, 0.3) is 0 Å². The topological polar surface area (TPSA) is 39.7 Å². The van der Waals surface area contributed by atoms with Crippen molar-refractivity contribution in [3.63, 3.8) is 0 Å². The van der Waals surface area contributed by atoms with E-state index in [9.17, 15) is 13.2 Å². The average Bonchev–Trinajstić information content (AvgIpc) is 2.46. The van der Waals surface area contributed by atoms with Crippen molar-refractivity contribution in [3.05, 3.63) is 35.4 Å². The van der Waals surface area contributed by atoms with Crippen LogP contribution in [0.3, 0.4) is 0 Å². The Morgan fingerprint density at radius 1 is 1.22 bits per heavy atom. The molecular formula is C16H25F3N4. The van der Waals surface area contributed by atoms with Gasteiger partial charge in [-0.2, -0.15) is 13.2 Å². The van der Waals surface area contributed by atoms with Gasteiger partial charge in [0.05, 0.1) is 6.54 Å². The minimum Gasteiger partial charge on any atom is -0.356 e. The molecule has 0 aliphatic heterocycles. The minimum absolute atomic E-state index is 0.376. The van der Waals surface area contributed by atoms with Gasteiger partial charge < -0.3 is 10.6 Å². The van der Waals surface area contributed by atoms with Gasteiger partial charge in [0.2, 0.25) is 0 Å². The Labute approximate surface area is 135 Å². The summed E-state index contributed by atoms with van der Waals surface area (Å²) in [6.45, 7) is 2.76. The summed E-state index contributed by atoms with van der Waals surface area (Å²) >= 11 is 0. The van der Waals surface area contributed by atoms with E-state index in [-0.39, 0.29) is 0 Å². The summed E-state index contributed by atoms with van der Waals surface area (Å²) in [5, 5.41) is 6.31. The first-order valence-corrected chi connectivity index (χ1v) is 7.56. The molecule has 23 heavy (non-hydrogen) atoms. The van der Waals surface area contributed by atoms with E-state index in [4.69, 9.17) is 0 Å². The number of aliphatic imine (C=N–C) groups is 1. The summed E-state index contributed by atoms with van der Waals surface area (Å²) in [6, 6.07) is 8.06. The van der Waals surface area contributed by atoms with Crippen LogP contribution in [-0.2, 0) is 6.54 Å². The summed E-state index contributed by atoms with van der Waals surface area (Å²) in [4.78, 5) is 5.38. The normalized spacial score (nSPS) is 12.6. The number of hydrogen-bond acceptors (Lipinski definition) is 2. The first-order valence-electron chi connectivity index (χ1n) is 7.56. The number of halogens is 3. The van der Waals surface area contributed by atoms with Gasteiger partial charge in [0, 0.05) is 20.1 Å². The summed E-state index contributed by atoms with van der Waals surface area (Å²) in [7, 11) is 3.14. The lowest BCUT2D eigenvalue weighted by molar-refractivity contribution is -0.143. The van der Waals surface area contributed by atoms with E-state index < -0.39 is 12.7 Å². The van der Waals surface area contributed by atoms with Gasteiger partial charge in [-0.1, -0.05) is 24.3 Å². The van der Waals surface area contributed by atoms with Crippen molar-refractivity contribution >= 4 is 5.96 Å². The summed E-state index contributed by atoms with van der Waals surface area (Å²) in [6.07, 6.45) is -3.54. The van der Waals surface area contributed by atoms with E-state index in [0.29, 0.717) is 32.0 Å². The third-order valence-corrected chi connectivity index (χ3v) is 3.39. The molecule has 0 aliphatic carbocycles. The van der Waals surface area contributed by atoms with Gasteiger partial charge in [-0.3, -0.25) is 9.89 Å². The van der Waals surface area contributed by atoms with Crippen LogP contribution in [0.15, 0.2) is 29.3 Å². The molecule has 130 valence electrons. The lowest BCUT2D eigenvalue weighted by Gasteiger charge is -2.19.